The van der Waals surface area contributed by atoms with E-state index in [2.05, 4.69) is 5.32 Å². The Morgan fingerprint density at radius 2 is 2.00 bits per heavy atom. The first kappa shape index (κ1) is 17.6. The third kappa shape index (κ3) is 4.27. The molecule has 21 heavy (non-hydrogen) atoms. The first-order valence-electron chi connectivity index (χ1n) is 7.00. The Kier molecular flexibility index (Phi) is 6.34. The third-order valence-corrected chi connectivity index (χ3v) is 5.49. The van der Waals surface area contributed by atoms with Gasteiger partial charge >= 0.3 is 0 Å². The number of nitrogens with zero attached hydrogens (tertiary/aromatic N) is 2. The predicted octanol–water partition coefficient (Wildman–Crippen LogP) is 2.28. The molecule has 0 saturated heterocycles. The van der Waals surface area contributed by atoms with E-state index < -0.39 is 10.0 Å². The van der Waals surface area contributed by atoms with Gasteiger partial charge in [0.05, 0.1) is 11.0 Å². The topological polar surface area (TPSA) is 73.2 Å². The van der Waals surface area contributed by atoms with Gasteiger partial charge in [0.1, 0.15) is 0 Å². The maximum absolute atomic E-state index is 12.7. The molecule has 0 radical (unpaired) electrons. The Morgan fingerprint density at radius 3 is 2.52 bits per heavy atom. The molecule has 0 amide bonds. The minimum Gasteiger partial charge on any atom is -0.313 e. The number of sulfonamides is 1. The van der Waals surface area contributed by atoms with Crippen LogP contribution in [0.1, 0.15) is 38.8 Å². The zero-order valence-electron chi connectivity index (χ0n) is 13.0. The SMILES string of the molecule is CNC(C)c1cccc(S(=O)(=O)N(CCC#N)C(C)C)c1. The second-order valence-electron chi connectivity index (χ2n) is 5.20. The van der Waals surface area contributed by atoms with Gasteiger partial charge in [-0.15, -0.1) is 0 Å². The van der Waals surface area contributed by atoms with Crippen molar-refractivity contribution in [1.29, 1.82) is 5.26 Å². The van der Waals surface area contributed by atoms with Gasteiger partial charge in [0.2, 0.25) is 10.0 Å². The molecule has 1 unspecified atom stereocenters. The average molecular weight is 309 g/mol. The van der Waals surface area contributed by atoms with Crippen LogP contribution >= 0.6 is 0 Å². The fourth-order valence-corrected chi connectivity index (χ4v) is 3.76. The van der Waals surface area contributed by atoms with Crippen LogP contribution in [0.5, 0.6) is 0 Å². The number of benzene rings is 1. The van der Waals surface area contributed by atoms with Crippen LogP contribution in [0.4, 0.5) is 0 Å². The highest BCUT2D eigenvalue weighted by atomic mass is 32.2. The molecule has 0 saturated carbocycles. The fraction of sp³-hybridized carbons (Fsp3) is 0.533. The molecule has 0 fully saturated rings. The zero-order valence-corrected chi connectivity index (χ0v) is 13.8. The van der Waals surface area contributed by atoms with E-state index in [0.29, 0.717) is 0 Å². The Balaban J connectivity index is 3.19. The quantitative estimate of drug-likeness (QED) is 0.838. The van der Waals surface area contributed by atoms with Crippen molar-refractivity contribution in [3.8, 4) is 6.07 Å². The van der Waals surface area contributed by atoms with E-state index in [4.69, 9.17) is 5.26 Å². The normalized spacial score (nSPS) is 13.4. The molecule has 1 N–H and O–H groups in total. The second-order valence-corrected chi connectivity index (χ2v) is 7.09. The molecule has 0 aromatic heterocycles. The smallest absolute Gasteiger partial charge is 0.243 e. The lowest BCUT2D eigenvalue weighted by Gasteiger charge is -2.25. The highest BCUT2D eigenvalue weighted by Gasteiger charge is 2.27. The van der Waals surface area contributed by atoms with Crippen LogP contribution in [0.3, 0.4) is 0 Å². The van der Waals surface area contributed by atoms with Gasteiger partial charge in [-0.1, -0.05) is 12.1 Å². The summed E-state index contributed by atoms with van der Waals surface area (Å²) in [6, 6.07) is 8.83. The molecule has 116 valence electrons. The van der Waals surface area contributed by atoms with Crippen molar-refractivity contribution in [2.45, 2.75) is 44.2 Å². The fourth-order valence-electron chi connectivity index (χ4n) is 2.06. The highest BCUT2D eigenvalue weighted by molar-refractivity contribution is 7.89. The van der Waals surface area contributed by atoms with Crippen molar-refractivity contribution in [3.63, 3.8) is 0 Å². The molecule has 6 heteroatoms. The summed E-state index contributed by atoms with van der Waals surface area (Å²) in [6.45, 7) is 5.81. The summed E-state index contributed by atoms with van der Waals surface area (Å²) in [5.74, 6) is 0. The molecule has 1 atom stereocenters. The Hall–Kier alpha value is -1.42. The Morgan fingerprint density at radius 1 is 1.33 bits per heavy atom. The van der Waals surface area contributed by atoms with Gasteiger partial charge in [0.15, 0.2) is 0 Å². The van der Waals surface area contributed by atoms with Crippen LogP contribution in [-0.4, -0.2) is 32.4 Å². The molecule has 0 heterocycles. The number of hydrogen-bond acceptors (Lipinski definition) is 4. The molecule has 1 aromatic rings. The Labute approximate surface area is 127 Å². The van der Waals surface area contributed by atoms with E-state index in [0.717, 1.165) is 5.56 Å². The molecular formula is C15H23N3O2S. The first-order valence-corrected chi connectivity index (χ1v) is 8.44. The van der Waals surface area contributed by atoms with Crippen molar-refractivity contribution in [3.05, 3.63) is 29.8 Å². The largest absolute Gasteiger partial charge is 0.313 e. The van der Waals surface area contributed by atoms with E-state index in [1.165, 1.54) is 4.31 Å². The number of hydrogen-bond donors (Lipinski definition) is 1. The van der Waals surface area contributed by atoms with Crippen LogP contribution in [0.25, 0.3) is 0 Å². The van der Waals surface area contributed by atoms with Gasteiger partial charge in [-0.25, -0.2) is 8.42 Å². The predicted molar refractivity (Wildman–Crippen MR) is 83.2 cm³/mol. The summed E-state index contributed by atoms with van der Waals surface area (Å²) >= 11 is 0. The molecule has 5 nitrogen and oxygen atoms in total. The first-order chi connectivity index (χ1) is 9.84. The minimum absolute atomic E-state index is 0.0757. The lowest BCUT2D eigenvalue weighted by atomic mass is 10.1. The van der Waals surface area contributed by atoms with E-state index in [1.54, 1.807) is 18.2 Å². The van der Waals surface area contributed by atoms with Crippen molar-refractivity contribution >= 4 is 10.0 Å². The molecule has 0 bridgehead atoms. The van der Waals surface area contributed by atoms with Crippen LogP contribution < -0.4 is 5.32 Å². The summed E-state index contributed by atoms with van der Waals surface area (Å²) in [6.07, 6.45) is 0.185. The van der Waals surface area contributed by atoms with Crippen LogP contribution in [0, 0.1) is 11.3 Å². The van der Waals surface area contributed by atoms with E-state index in [1.807, 2.05) is 40.0 Å². The molecule has 0 aliphatic rings. The van der Waals surface area contributed by atoms with Gasteiger partial charge in [-0.2, -0.15) is 9.57 Å². The van der Waals surface area contributed by atoms with Gasteiger partial charge < -0.3 is 5.32 Å². The second kappa shape index (κ2) is 7.55. The summed E-state index contributed by atoms with van der Waals surface area (Å²) in [5, 5.41) is 11.8. The van der Waals surface area contributed by atoms with E-state index >= 15 is 0 Å². The summed E-state index contributed by atoms with van der Waals surface area (Å²) < 4.78 is 26.9. The molecule has 1 aromatic carbocycles. The van der Waals surface area contributed by atoms with Crippen molar-refractivity contribution in [2.24, 2.45) is 0 Å². The zero-order chi connectivity index (χ0) is 16.0. The standard InChI is InChI=1S/C15H23N3O2S/c1-12(2)18(10-6-9-16)21(19,20)15-8-5-7-14(11-15)13(3)17-4/h5,7-8,11-13,17H,6,10H2,1-4H3. The molecular weight excluding hydrogens is 286 g/mol. The van der Waals surface area contributed by atoms with Crippen molar-refractivity contribution in [2.75, 3.05) is 13.6 Å². The minimum atomic E-state index is -3.58. The van der Waals surface area contributed by atoms with Crippen molar-refractivity contribution < 1.29 is 8.42 Å². The monoisotopic (exact) mass is 309 g/mol. The van der Waals surface area contributed by atoms with Gasteiger partial charge in [0.25, 0.3) is 0 Å². The molecule has 0 aliphatic heterocycles. The van der Waals surface area contributed by atoms with E-state index in [9.17, 15) is 8.42 Å². The van der Waals surface area contributed by atoms with Gasteiger partial charge in [-0.3, -0.25) is 0 Å². The maximum Gasteiger partial charge on any atom is 0.243 e. The molecule has 0 spiro atoms. The summed E-state index contributed by atoms with van der Waals surface area (Å²) in [7, 11) is -1.75. The lowest BCUT2D eigenvalue weighted by molar-refractivity contribution is 0.360. The van der Waals surface area contributed by atoms with Crippen LogP contribution in [-0.2, 0) is 10.0 Å². The summed E-state index contributed by atoms with van der Waals surface area (Å²) in [5.41, 5.74) is 0.919. The average Bonchev–Trinajstić information content (AvgIpc) is 2.46. The lowest BCUT2D eigenvalue weighted by Crippen LogP contribution is -2.37. The van der Waals surface area contributed by atoms with Crippen LogP contribution in [0.15, 0.2) is 29.2 Å². The number of nitriles is 1. The number of rotatable bonds is 7. The van der Waals surface area contributed by atoms with E-state index in [-0.39, 0.29) is 29.9 Å². The highest BCUT2D eigenvalue weighted by Crippen LogP contribution is 2.22. The number of nitrogens with one attached hydrogen (secondary N) is 1. The molecule has 0 aliphatic carbocycles. The van der Waals surface area contributed by atoms with Crippen LogP contribution in [0.2, 0.25) is 0 Å². The molecule has 1 rings (SSSR count). The van der Waals surface area contributed by atoms with Gasteiger partial charge in [0, 0.05) is 25.0 Å². The third-order valence-electron chi connectivity index (χ3n) is 3.42. The Bertz CT molecular complexity index is 606. The summed E-state index contributed by atoms with van der Waals surface area (Å²) in [4.78, 5) is 0.272. The van der Waals surface area contributed by atoms with Gasteiger partial charge in [-0.05, 0) is 45.5 Å². The van der Waals surface area contributed by atoms with Crippen molar-refractivity contribution in [1.82, 2.24) is 9.62 Å². The maximum atomic E-state index is 12.7.